The highest BCUT2D eigenvalue weighted by atomic mass is 32.2. The van der Waals surface area contributed by atoms with Crippen LogP contribution in [0.25, 0.3) is 6.08 Å². The van der Waals surface area contributed by atoms with Crippen molar-refractivity contribution in [2.75, 3.05) is 0 Å². The van der Waals surface area contributed by atoms with Gasteiger partial charge in [-0.1, -0.05) is 62.4 Å². The average Bonchev–Trinajstić information content (AvgIpc) is 2.43. The Morgan fingerprint density at radius 1 is 1.14 bits per heavy atom. The summed E-state index contributed by atoms with van der Waals surface area (Å²) in [6.07, 6.45) is 6.03. The Morgan fingerprint density at radius 2 is 1.71 bits per heavy atom. The van der Waals surface area contributed by atoms with Crippen molar-refractivity contribution in [2.45, 2.75) is 45.4 Å². The van der Waals surface area contributed by atoms with Gasteiger partial charge in [0.25, 0.3) is 0 Å². The van der Waals surface area contributed by atoms with Gasteiger partial charge < -0.3 is 0 Å². The van der Waals surface area contributed by atoms with Gasteiger partial charge in [-0.2, -0.15) is 0 Å². The third kappa shape index (κ3) is 5.60. The van der Waals surface area contributed by atoms with Crippen LogP contribution in [0.5, 0.6) is 0 Å². The molecule has 3 heteroatoms. The van der Waals surface area contributed by atoms with Gasteiger partial charge in [0.15, 0.2) is 0 Å². The quantitative estimate of drug-likeness (QED) is 0.779. The van der Waals surface area contributed by atoms with Gasteiger partial charge in [-0.15, -0.1) is 6.58 Å². The minimum absolute atomic E-state index is 0.0461. The third-order valence-corrected chi connectivity index (χ3v) is 4.98. The second-order valence-corrected chi connectivity index (χ2v) is 8.77. The van der Waals surface area contributed by atoms with Gasteiger partial charge in [-0.05, 0) is 26.3 Å². The number of hydrogen-bond donors (Lipinski definition) is 1. The number of benzene rings is 1. The maximum absolute atomic E-state index is 12.4. The molecular formula is C18H27NOS. The molecule has 2 atom stereocenters. The van der Waals surface area contributed by atoms with Crippen molar-refractivity contribution < 1.29 is 4.21 Å². The summed E-state index contributed by atoms with van der Waals surface area (Å²) >= 11 is 0. The van der Waals surface area contributed by atoms with Crippen molar-refractivity contribution in [3.63, 3.8) is 0 Å². The van der Waals surface area contributed by atoms with Gasteiger partial charge in [0.05, 0.1) is 15.7 Å². The molecule has 0 bridgehead atoms. The predicted octanol–water partition coefficient (Wildman–Crippen LogP) is 4.33. The van der Waals surface area contributed by atoms with Gasteiger partial charge in [0.1, 0.15) is 0 Å². The zero-order valence-corrected chi connectivity index (χ0v) is 14.5. The van der Waals surface area contributed by atoms with Crippen LogP contribution < -0.4 is 4.72 Å². The van der Waals surface area contributed by atoms with Crippen LogP contribution >= 0.6 is 0 Å². The van der Waals surface area contributed by atoms with Gasteiger partial charge in [-0.25, -0.2) is 8.93 Å². The first-order valence-electron chi connectivity index (χ1n) is 7.22. The fourth-order valence-electron chi connectivity index (χ4n) is 1.63. The Balaban J connectivity index is 2.96. The maximum Gasteiger partial charge on any atom is 0.0976 e. The molecule has 21 heavy (non-hydrogen) atoms. The van der Waals surface area contributed by atoms with Gasteiger partial charge in [-0.3, -0.25) is 0 Å². The van der Waals surface area contributed by atoms with Gasteiger partial charge in [0.2, 0.25) is 0 Å². The van der Waals surface area contributed by atoms with Crippen LogP contribution in [0.3, 0.4) is 0 Å². The molecule has 0 saturated heterocycles. The van der Waals surface area contributed by atoms with Crippen molar-refractivity contribution in [3.8, 4) is 0 Å². The van der Waals surface area contributed by atoms with Crippen LogP contribution in [0.1, 0.15) is 40.2 Å². The van der Waals surface area contributed by atoms with E-state index in [2.05, 4.69) is 49.4 Å². The summed E-state index contributed by atoms with van der Waals surface area (Å²) in [4.78, 5) is 0. The largest absolute Gasteiger partial charge is 0.242 e. The van der Waals surface area contributed by atoms with E-state index in [1.165, 1.54) is 0 Å². The van der Waals surface area contributed by atoms with Gasteiger partial charge in [0, 0.05) is 11.5 Å². The lowest BCUT2D eigenvalue weighted by atomic mass is 9.85. The SMILES string of the molecule is C=CC(C)(C)[C@@H](/C=C/c1ccccc1)N[S@](=O)C(C)(C)C. The Bertz CT molecular complexity index is 512. The lowest BCUT2D eigenvalue weighted by Gasteiger charge is -2.32. The fourth-order valence-corrected chi connectivity index (χ4v) is 2.60. The molecule has 0 aliphatic rings. The zero-order chi connectivity index (χ0) is 16.1. The second-order valence-electron chi connectivity index (χ2n) is 6.77. The Labute approximate surface area is 131 Å². The summed E-state index contributed by atoms with van der Waals surface area (Å²) in [5, 5.41) is 0. The van der Waals surface area contributed by atoms with Crippen LogP contribution in [0.15, 0.2) is 49.1 Å². The van der Waals surface area contributed by atoms with E-state index in [-0.39, 0.29) is 16.2 Å². The lowest BCUT2D eigenvalue weighted by Crippen LogP contribution is -2.45. The van der Waals surface area contributed by atoms with Crippen LogP contribution in [-0.2, 0) is 11.0 Å². The minimum Gasteiger partial charge on any atom is -0.242 e. The van der Waals surface area contributed by atoms with Gasteiger partial charge >= 0.3 is 0 Å². The molecule has 0 amide bonds. The molecule has 0 unspecified atom stereocenters. The van der Waals surface area contributed by atoms with E-state index in [0.717, 1.165) is 5.56 Å². The smallest absolute Gasteiger partial charge is 0.0976 e. The first kappa shape index (κ1) is 17.9. The summed E-state index contributed by atoms with van der Waals surface area (Å²) in [5.74, 6) is 0. The molecule has 0 fully saturated rings. The first-order chi connectivity index (χ1) is 9.66. The normalized spacial score (nSPS) is 15.9. The zero-order valence-electron chi connectivity index (χ0n) is 13.7. The number of nitrogens with one attached hydrogen (secondary N) is 1. The summed E-state index contributed by atoms with van der Waals surface area (Å²) in [6, 6.07) is 10.1. The molecule has 0 aromatic heterocycles. The van der Waals surface area contributed by atoms with Crippen LogP contribution in [0.2, 0.25) is 0 Å². The number of rotatable bonds is 6. The molecule has 0 heterocycles. The van der Waals surface area contributed by atoms with E-state index >= 15 is 0 Å². The highest BCUT2D eigenvalue weighted by Gasteiger charge is 2.29. The fraction of sp³-hybridized carbons (Fsp3) is 0.444. The van der Waals surface area contributed by atoms with Crippen molar-refractivity contribution >= 4 is 17.1 Å². The highest BCUT2D eigenvalue weighted by molar-refractivity contribution is 7.84. The highest BCUT2D eigenvalue weighted by Crippen LogP contribution is 2.25. The Hall–Kier alpha value is -1.19. The van der Waals surface area contributed by atoms with Crippen LogP contribution in [-0.4, -0.2) is 15.0 Å². The summed E-state index contributed by atoms with van der Waals surface area (Å²) in [7, 11) is -1.12. The predicted molar refractivity (Wildman–Crippen MR) is 94.3 cm³/mol. The maximum atomic E-state index is 12.4. The summed E-state index contributed by atoms with van der Waals surface area (Å²) in [5.41, 5.74) is 0.942. The lowest BCUT2D eigenvalue weighted by molar-refractivity contribution is 0.402. The molecular weight excluding hydrogens is 278 g/mol. The molecule has 0 aliphatic heterocycles. The standard InChI is InChI=1S/C18H27NOS/c1-7-18(5,6)16(19-21(20)17(2,3)4)14-13-15-11-9-8-10-12-15/h7-14,16,19H,1H2,2-6H3/b14-13+/t16-,21-/m1/s1. The monoisotopic (exact) mass is 305 g/mol. The van der Waals surface area contributed by atoms with E-state index < -0.39 is 11.0 Å². The molecule has 0 spiro atoms. The molecule has 0 saturated carbocycles. The summed E-state index contributed by atoms with van der Waals surface area (Å²) < 4.78 is 15.3. The third-order valence-electron chi connectivity index (χ3n) is 3.40. The van der Waals surface area contributed by atoms with Crippen molar-refractivity contribution in [2.24, 2.45) is 5.41 Å². The molecule has 1 N–H and O–H groups in total. The van der Waals surface area contributed by atoms with Crippen molar-refractivity contribution in [1.82, 2.24) is 4.72 Å². The van der Waals surface area contributed by atoms with E-state index in [1.54, 1.807) is 0 Å². The average molecular weight is 305 g/mol. The van der Waals surface area contributed by atoms with Crippen molar-refractivity contribution in [1.29, 1.82) is 0 Å². The molecule has 116 valence electrons. The van der Waals surface area contributed by atoms with E-state index in [4.69, 9.17) is 0 Å². The minimum atomic E-state index is -1.12. The Kier molecular flexibility index (Phi) is 6.11. The van der Waals surface area contributed by atoms with Crippen LogP contribution in [0.4, 0.5) is 0 Å². The molecule has 1 aromatic carbocycles. The molecule has 0 radical (unpaired) electrons. The molecule has 2 nitrogen and oxygen atoms in total. The van der Waals surface area contributed by atoms with E-state index in [9.17, 15) is 4.21 Å². The van der Waals surface area contributed by atoms with E-state index in [0.29, 0.717) is 0 Å². The molecule has 1 aromatic rings. The summed E-state index contributed by atoms with van der Waals surface area (Å²) in [6.45, 7) is 14.0. The topological polar surface area (TPSA) is 29.1 Å². The van der Waals surface area contributed by atoms with Crippen molar-refractivity contribution in [3.05, 3.63) is 54.6 Å². The molecule has 1 rings (SSSR count). The van der Waals surface area contributed by atoms with E-state index in [1.807, 2.05) is 45.0 Å². The molecule has 0 aliphatic carbocycles. The van der Waals surface area contributed by atoms with Crippen LogP contribution in [0, 0.1) is 5.41 Å². The first-order valence-corrected chi connectivity index (χ1v) is 8.37. The number of hydrogen-bond acceptors (Lipinski definition) is 1. The Morgan fingerprint density at radius 3 is 2.19 bits per heavy atom. The second kappa shape index (κ2) is 7.19.